The van der Waals surface area contributed by atoms with E-state index in [1.54, 1.807) is 12.1 Å². The van der Waals surface area contributed by atoms with Crippen LogP contribution in [0.1, 0.15) is 19.0 Å². The predicted octanol–water partition coefficient (Wildman–Crippen LogP) is 2.31. The van der Waals surface area contributed by atoms with E-state index >= 15 is 0 Å². The first-order valence-corrected chi connectivity index (χ1v) is 5.10. The fourth-order valence-corrected chi connectivity index (χ4v) is 1.39. The van der Waals surface area contributed by atoms with Crippen molar-refractivity contribution in [3.8, 4) is 5.75 Å². The van der Waals surface area contributed by atoms with Crippen LogP contribution in [0.4, 0.5) is 0 Å². The number of nitrogens with zero attached hydrogens (tertiary/aromatic N) is 1. The van der Waals surface area contributed by atoms with E-state index in [0.29, 0.717) is 17.9 Å². The number of para-hydroxylation sites is 1. The van der Waals surface area contributed by atoms with Crippen LogP contribution in [0.25, 0.3) is 0 Å². The molecule has 1 N–H and O–H groups in total. The van der Waals surface area contributed by atoms with E-state index in [4.69, 9.17) is 9.15 Å². The Labute approximate surface area is 93.5 Å². The van der Waals surface area contributed by atoms with Crippen LogP contribution in [0, 0.1) is 0 Å². The largest absolute Gasteiger partial charge is 0.456 e. The number of oxazole rings is 1. The van der Waals surface area contributed by atoms with Crippen molar-refractivity contribution < 1.29 is 14.3 Å². The maximum absolute atomic E-state index is 10.3. The minimum Gasteiger partial charge on any atom is -0.456 e. The Morgan fingerprint density at radius 3 is 2.69 bits per heavy atom. The molecule has 0 aliphatic carbocycles. The Bertz CT molecular complexity index is 427. The molecule has 0 spiro atoms. The van der Waals surface area contributed by atoms with Gasteiger partial charge in [-0.1, -0.05) is 25.1 Å². The van der Waals surface area contributed by atoms with Crippen LogP contribution in [0.3, 0.4) is 0 Å². The zero-order valence-electron chi connectivity index (χ0n) is 8.96. The molecule has 0 radical (unpaired) electrons. The minimum atomic E-state index is -1.44. The minimum absolute atomic E-state index is 0.374. The third kappa shape index (κ3) is 2.06. The zero-order valence-corrected chi connectivity index (χ0v) is 8.96. The van der Waals surface area contributed by atoms with Gasteiger partial charge in [0.05, 0.1) is 0 Å². The molecule has 2 aromatic rings. The molecule has 16 heavy (non-hydrogen) atoms. The van der Waals surface area contributed by atoms with Crippen LogP contribution in [-0.2, 0) is 5.79 Å². The van der Waals surface area contributed by atoms with Crippen molar-refractivity contribution in [3.05, 3.63) is 48.7 Å². The highest BCUT2D eigenvalue weighted by molar-refractivity contribution is 5.22. The van der Waals surface area contributed by atoms with Crippen molar-refractivity contribution in [1.82, 2.24) is 4.98 Å². The second kappa shape index (κ2) is 4.37. The number of rotatable bonds is 4. The van der Waals surface area contributed by atoms with Gasteiger partial charge >= 0.3 is 0 Å². The number of ether oxygens (including phenoxy) is 1. The Morgan fingerprint density at radius 1 is 1.38 bits per heavy atom. The molecule has 4 heteroatoms. The molecule has 1 aromatic heterocycles. The van der Waals surface area contributed by atoms with Crippen LogP contribution in [0.15, 0.2) is 47.4 Å². The van der Waals surface area contributed by atoms with Crippen LogP contribution in [0.5, 0.6) is 5.75 Å². The van der Waals surface area contributed by atoms with Crippen LogP contribution >= 0.6 is 0 Å². The number of hydrogen-bond acceptors (Lipinski definition) is 4. The van der Waals surface area contributed by atoms with Crippen molar-refractivity contribution in [3.63, 3.8) is 0 Å². The first-order valence-electron chi connectivity index (χ1n) is 5.10. The van der Waals surface area contributed by atoms with Crippen LogP contribution in [0.2, 0.25) is 0 Å². The van der Waals surface area contributed by atoms with Gasteiger partial charge in [-0.15, -0.1) is 0 Å². The highest BCUT2D eigenvalue weighted by atomic mass is 16.6. The fraction of sp³-hybridized carbons (Fsp3) is 0.250. The van der Waals surface area contributed by atoms with Gasteiger partial charge in [-0.25, -0.2) is 4.98 Å². The van der Waals surface area contributed by atoms with Crippen molar-refractivity contribution in [2.24, 2.45) is 0 Å². The first kappa shape index (κ1) is 10.7. The fourth-order valence-electron chi connectivity index (χ4n) is 1.39. The van der Waals surface area contributed by atoms with E-state index in [9.17, 15) is 5.11 Å². The molecule has 1 unspecified atom stereocenters. The van der Waals surface area contributed by atoms with E-state index in [-0.39, 0.29) is 0 Å². The zero-order chi connectivity index (χ0) is 11.4. The standard InChI is InChI=1S/C12H13NO3/c1-2-12(14,11-8-15-9-13-11)16-10-6-4-3-5-7-10/h3-9,14H,2H2,1H3. The molecule has 1 atom stereocenters. The summed E-state index contributed by atoms with van der Waals surface area (Å²) < 4.78 is 10.4. The normalized spacial score (nSPS) is 14.4. The Kier molecular flexibility index (Phi) is 2.92. The molecule has 2 rings (SSSR count). The number of benzene rings is 1. The van der Waals surface area contributed by atoms with Crippen LogP contribution < -0.4 is 4.74 Å². The lowest BCUT2D eigenvalue weighted by Crippen LogP contribution is -2.32. The molecule has 1 heterocycles. The smallest absolute Gasteiger partial charge is 0.254 e. The molecular formula is C12H13NO3. The summed E-state index contributed by atoms with van der Waals surface area (Å²) in [6, 6.07) is 9.12. The summed E-state index contributed by atoms with van der Waals surface area (Å²) >= 11 is 0. The maximum atomic E-state index is 10.3. The van der Waals surface area contributed by atoms with Gasteiger partial charge < -0.3 is 14.3 Å². The van der Waals surface area contributed by atoms with Gasteiger partial charge in [0, 0.05) is 6.42 Å². The average molecular weight is 219 g/mol. The number of aliphatic hydroxyl groups is 1. The van der Waals surface area contributed by atoms with Crippen molar-refractivity contribution in [2.75, 3.05) is 0 Å². The number of hydrogen-bond donors (Lipinski definition) is 1. The SMILES string of the molecule is CCC(O)(Oc1ccccc1)c1cocn1. The average Bonchev–Trinajstić information content (AvgIpc) is 2.84. The molecule has 0 bridgehead atoms. The molecule has 0 saturated heterocycles. The first-order chi connectivity index (χ1) is 7.74. The molecule has 0 fully saturated rings. The van der Waals surface area contributed by atoms with Gasteiger partial charge in [0.1, 0.15) is 12.0 Å². The molecule has 0 aliphatic rings. The van der Waals surface area contributed by atoms with Gasteiger partial charge in [0.2, 0.25) is 0 Å². The molecule has 4 nitrogen and oxygen atoms in total. The third-order valence-corrected chi connectivity index (χ3v) is 2.34. The van der Waals surface area contributed by atoms with E-state index in [1.807, 2.05) is 25.1 Å². The van der Waals surface area contributed by atoms with Crippen molar-refractivity contribution >= 4 is 0 Å². The number of aromatic nitrogens is 1. The van der Waals surface area contributed by atoms with E-state index in [2.05, 4.69) is 4.98 Å². The maximum Gasteiger partial charge on any atom is 0.254 e. The summed E-state index contributed by atoms with van der Waals surface area (Å²) in [4.78, 5) is 3.91. The van der Waals surface area contributed by atoms with E-state index in [1.165, 1.54) is 12.7 Å². The Morgan fingerprint density at radius 2 is 2.12 bits per heavy atom. The van der Waals surface area contributed by atoms with E-state index in [0.717, 1.165) is 0 Å². The van der Waals surface area contributed by atoms with Gasteiger partial charge in [-0.2, -0.15) is 0 Å². The summed E-state index contributed by atoms with van der Waals surface area (Å²) in [5.41, 5.74) is 0.374. The summed E-state index contributed by atoms with van der Waals surface area (Å²) in [5.74, 6) is -0.844. The third-order valence-electron chi connectivity index (χ3n) is 2.34. The second-order valence-electron chi connectivity index (χ2n) is 3.43. The molecule has 84 valence electrons. The van der Waals surface area contributed by atoms with Crippen molar-refractivity contribution in [2.45, 2.75) is 19.1 Å². The lowest BCUT2D eigenvalue weighted by molar-refractivity contribution is -0.151. The molecule has 0 amide bonds. The molecular weight excluding hydrogens is 206 g/mol. The predicted molar refractivity (Wildman–Crippen MR) is 57.8 cm³/mol. The summed E-state index contributed by atoms with van der Waals surface area (Å²) in [6.45, 7) is 1.82. The topological polar surface area (TPSA) is 55.5 Å². The highest BCUT2D eigenvalue weighted by Crippen LogP contribution is 2.27. The second-order valence-corrected chi connectivity index (χ2v) is 3.43. The Hall–Kier alpha value is -1.81. The molecule has 0 saturated carbocycles. The molecule has 0 aliphatic heterocycles. The lowest BCUT2D eigenvalue weighted by Gasteiger charge is -2.25. The lowest BCUT2D eigenvalue weighted by atomic mass is 10.1. The van der Waals surface area contributed by atoms with Gasteiger partial charge in [-0.3, -0.25) is 0 Å². The summed E-state index contributed by atoms with van der Waals surface area (Å²) in [6.07, 6.45) is 3.03. The summed E-state index contributed by atoms with van der Waals surface area (Å²) in [7, 11) is 0. The van der Waals surface area contributed by atoms with Gasteiger partial charge in [-0.05, 0) is 12.1 Å². The quantitative estimate of drug-likeness (QED) is 0.802. The monoisotopic (exact) mass is 219 g/mol. The van der Waals surface area contributed by atoms with Crippen LogP contribution in [-0.4, -0.2) is 10.1 Å². The van der Waals surface area contributed by atoms with E-state index < -0.39 is 5.79 Å². The summed E-state index contributed by atoms with van der Waals surface area (Å²) in [5, 5.41) is 10.3. The van der Waals surface area contributed by atoms with Gasteiger partial charge in [0.25, 0.3) is 5.79 Å². The highest BCUT2D eigenvalue weighted by Gasteiger charge is 2.32. The molecule has 1 aromatic carbocycles. The van der Waals surface area contributed by atoms with Gasteiger partial charge in [0.15, 0.2) is 12.1 Å². The van der Waals surface area contributed by atoms with Crippen molar-refractivity contribution in [1.29, 1.82) is 0 Å². The Balaban J connectivity index is 2.23.